The van der Waals surface area contributed by atoms with Crippen molar-refractivity contribution in [1.29, 1.82) is 0 Å². The van der Waals surface area contributed by atoms with Gasteiger partial charge in [-0.3, -0.25) is 0 Å². The van der Waals surface area contributed by atoms with E-state index < -0.39 is 0 Å². The van der Waals surface area contributed by atoms with Gasteiger partial charge in [0.1, 0.15) is 11.6 Å². The van der Waals surface area contributed by atoms with Gasteiger partial charge in [0.2, 0.25) is 0 Å². The third-order valence-corrected chi connectivity index (χ3v) is 5.05. The molecule has 26 heavy (non-hydrogen) atoms. The Morgan fingerprint density at radius 1 is 1.00 bits per heavy atom. The standard InChI is InChI=1S/C20H20Cl2N4/c21-14-9-13(10-15(22)12-14)11-19-25-18-4-2-1-3-17(18)20(26-19)24-16-5-7-23-8-6-16/h1-4,9-10,12,16,23H,5-8,11H2,(H,24,25,26). The predicted molar refractivity (Wildman–Crippen MR) is 108 cm³/mol. The van der Waals surface area contributed by atoms with Crippen LogP contribution in [0.1, 0.15) is 24.2 Å². The number of hydrogen-bond donors (Lipinski definition) is 2. The van der Waals surface area contributed by atoms with Gasteiger partial charge in [0.15, 0.2) is 0 Å². The third kappa shape index (κ3) is 4.09. The van der Waals surface area contributed by atoms with Crippen LogP contribution in [0.3, 0.4) is 0 Å². The molecule has 0 aliphatic carbocycles. The number of rotatable bonds is 4. The second kappa shape index (κ2) is 7.78. The van der Waals surface area contributed by atoms with Crippen molar-refractivity contribution in [1.82, 2.24) is 15.3 Å². The summed E-state index contributed by atoms with van der Waals surface area (Å²) in [6, 6.07) is 14.1. The predicted octanol–water partition coefficient (Wildman–Crippen LogP) is 4.69. The molecule has 1 fully saturated rings. The van der Waals surface area contributed by atoms with E-state index in [0.29, 0.717) is 22.5 Å². The van der Waals surface area contributed by atoms with Gasteiger partial charge in [0, 0.05) is 27.9 Å². The van der Waals surface area contributed by atoms with Crippen molar-refractivity contribution in [2.24, 2.45) is 0 Å². The van der Waals surface area contributed by atoms with Crippen molar-refractivity contribution in [2.75, 3.05) is 18.4 Å². The molecule has 6 heteroatoms. The Bertz CT molecular complexity index is 903. The van der Waals surface area contributed by atoms with Crippen LogP contribution < -0.4 is 10.6 Å². The number of halogens is 2. The molecule has 0 saturated carbocycles. The van der Waals surface area contributed by atoms with Crippen molar-refractivity contribution >= 4 is 39.9 Å². The van der Waals surface area contributed by atoms with Gasteiger partial charge in [-0.25, -0.2) is 9.97 Å². The highest BCUT2D eigenvalue weighted by molar-refractivity contribution is 6.34. The fourth-order valence-corrected chi connectivity index (χ4v) is 3.94. The van der Waals surface area contributed by atoms with Gasteiger partial charge >= 0.3 is 0 Å². The smallest absolute Gasteiger partial charge is 0.137 e. The number of anilines is 1. The van der Waals surface area contributed by atoms with Crippen LogP contribution >= 0.6 is 23.2 Å². The zero-order valence-corrected chi connectivity index (χ0v) is 15.8. The van der Waals surface area contributed by atoms with E-state index in [4.69, 9.17) is 33.2 Å². The zero-order valence-electron chi connectivity index (χ0n) is 14.3. The monoisotopic (exact) mass is 386 g/mol. The van der Waals surface area contributed by atoms with Gasteiger partial charge in [-0.2, -0.15) is 0 Å². The first-order chi connectivity index (χ1) is 12.7. The van der Waals surface area contributed by atoms with Crippen LogP contribution in [0.4, 0.5) is 5.82 Å². The molecule has 1 aliphatic heterocycles. The van der Waals surface area contributed by atoms with E-state index in [9.17, 15) is 0 Å². The summed E-state index contributed by atoms with van der Waals surface area (Å²) in [6.07, 6.45) is 2.78. The van der Waals surface area contributed by atoms with Crippen molar-refractivity contribution in [3.63, 3.8) is 0 Å². The Balaban J connectivity index is 1.68. The molecule has 0 bridgehead atoms. The Hall–Kier alpha value is -1.88. The molecule has 0 amide bonds. The molecule has 1 saturated heterocycles. The van der Waals surface area contributed by atoms with Crippen molar-refractivity contribution in [3.8, 4) is 0 Å². The molecule has 1 aromatic heterocycles. The highest BCUT2D eigenvalue weighted by Crippen LogP contribution is 2.25. The lowest BCUT2D eigenvalue weighted by molar-refractivity contribution is 0.478. The molecule has 0 unspecified atom stereocenters. The highest BCUT2D eigenvalue weighted by atomic mass is 35.5. The zero-order chi connectivity index (χ0) is 17.9. The van der Waals surface area contributed by atoms with Gasteiger partial charge < -0.3 is 10.6 Å². The molecule has 4 nitrogen and oxygen atoms in total. The van der Waals surface area contributed by atoms with Gasteiger partial charge in [-0.05, 0) is 61.8 Å². The molecule has 2 N–H and O–H groups in total. The SMILES string of the molecule is Clc1cc(Cl)cc(Cc2nc(NC3CCNCC3)c3ccccc3n2)c1. The lowest BCUT2D eigenvalue weighted by atomic mass is 10.1. The second-order valence-corrected chi connectivity index (χ2v) is 7.50. The third-order valence-electron chi connectivity index (χ3n) is 4.61. The van der Waals surface area contributed by atoms with E-state index in [0.717, 1.165) is 54.0 Å². The highest BCUT2D eigenvalue weighted by Gasteiger charge is 2.16. The first-order valence-electron chi connectivity index (χ1n) is 8.85. The average molecular weight is 387 g/mol. The number of aromatic nitrogens is 2. The Morgan fingerprint density at radius 3 is 2.50 bits per heavy atom. The summed E-state index contributed by atoms with van der Waals surface area (Å²) in [5.74, 6) is 1.67. The first kappa shape index (κ1) is 17.5. The van der Waals surface area contributed by atoms with Crippen LogP contribution in [0.15, 0.2) is 42.5 Å². The van der Waals surface area contributed by atoms with Crippen LogP contribution in [-0.2, 0) is 6.42 Å². The minimum atomic E-state index is 0.433. The number of fused-ring (bicyclic) bond motifs is 1. The van der Waals surface area contributed by atoms with Crippen molar-refractivity contribution < 1.29 is 0 Å². The molecule has 1 aliphatic rings. The summed E-state index contributed by atoms with van der Waals surface area (Å²) in [4.78, 5) is 9.55. The van der Waals surface area contributed by atoms with Crippen molar-refractivity contribution in [3.05, 3.63) is 63.9 Å². The minimum absolute atomic E-state index is 0.433. The maximum absolute atomic E-state index is 6.13. The van der Waals surface area contributed by atoms with Crippen LogP contribution in [0, 0.1) is 0 Å². The quantitative estimate of drug-likeness (QED) is 0.682. The molecule has 134 valence electrons. The topological polar surface area (TPSA) is 49.8 Å². The Morgan fingerprint density at radius 2 is 1.73 bits per heavy atom. The largest absolute Gasteiger partial charge is 0.367 e. The molecule has 2 aromatic carbocycles. The van der Waals surface area contributed by atoms with Crippen LogP contribution in [0.5, 0.6) is 0 Å². The van der Waals surface area contributed by atoms with Crippen molar-refractivity contribution in [2.45, 2.75) is 25.3 Å². The minimum Gasteiger partial charge on any atom is -0.367 e. The Kier molecular flexibility index (Phi) is 5.25. The van der Waals surface area contributed by atoms with E-state index in [2.05, 4.69) is 16.7 Å². The number of para-hydroxylation sites is 1. The molecule has 0 atom stereocenters. The number of piperidine rings is 1. The second-order valence-electron chi connectivity index (χ2n) is 6.63. The maximum atomic E-state index is 6.13. The normalized spacial score (nSPS) is 15.3. The van der Waals surface area contributed by atoms with Crippen LogP contribution in [0.25, 0.3) is 10.9 Å². The van der Waals surface area contributed by atoms with Crippen LogP contribution in [0.2, 0.25) is 10.0 Å². The summed E-state index contributed by atoms with van der Waals surface area (Å²) in [7, 11) is 0. The summed E-state index contributed by atoms with van der Waals surface area (Å²) in [5.41, 5.74) is 1.95. The summed E-state index contributed by atoms with van der Waals surface area (Å²) < 4.78 is 0. The van der Waals surface area contributed by atoms with E-state index in [1.165, 1.54) is 0 Å². The Labute approximate surface area is 162 Å². The molecule has 3 aromatic rings. The molecule has 0 spiro atoms. The van der Waals surface area contributed by atoms with Gasteiger partial charge in [0.25, 0.3) is 0 Å². The van der Waals surface area contributed by atoms with Crippen LogP contribution in [-0.4, -0.2) is 29.1 Å². The van der Waals surface area contributed by atoms with Gasteiger partial charge in [0.05, 0.1) is 5.52 Å². The average Bonchev–Trinajstić information content (AvgIpc) is 2.62. The van der Waals surface area contributed by atoms with E-state index in [1.807, 2.05) is 30.3 Å². The molecule has 0 radical (unpaired) electrons. The van der Waals surface area contributed by atoms with E-state index >= 15 is 0 Å². The number of hydrogen-bond acceptors (Lipinski definition) is 4. The van der Waals surface area contributed by atoms with Gasteiger partial charge in [-0.1, -0.05) is 35.3 Å². The molecular formula is C20H20Cl2N4. The van der Waals surface area contributed by atoms with Gasteiger partial charge in [-0.15, -0.1) is 0 Å². The fraction of sp³-hybridized carbons (Fsp3) is 0.300. The van der Waals surface area contributed by atoms with E-state index in [-0.39, 0.29) is 0 Å². The molecule has 2 heterocycles. The lowest BCUT2D eigenvalue weighted by Crippen LogP contribution is -2.35. The summed E-state index contributed by atoms with van der Waals surface area (Å²) >= 11 is 12.3. The number of nitrogens with one attached hydrogen (secondary N) is 2. The first-order valence-corrected chi connectivity index (χ1v) is 9.61. The van der Waals surface area contributed by atoms with E-state index in [1.54, 1.807) is 6.07 Å². The maximum Gasteiger partial charge on any atom is 0.137 e. The lowest BCUT2D eigenvalue weighted by Gasteiger charge is -2.25. The molecular weight excluding hydrogens is 367 g/mol. The molecule has 4 rings (SSSR count). The summed E-state index contributed by atoms with van der Waals surface area (Å²) in [6.45, 7) is 2.07. The summed E-state index contributed by atoms with van der Waals surface area (Å²) in [5, 5.41) is 9.33. The fourth-order valence-electron chi connectivity index (χ4n) is 3.37. The number of benzene rings is 2. The number of nitrogens with zero attached hydrogens (tertiary/aromatic N) is 2.